The number of anilines is 2. The smallest absolute Gasteiger partial charge is 0.280 e. The van der Waals surface area contributed by atoms with Crippen LogP contribution in [0.25, 0.3) is 0 Å². The molecule has 33 heavy (non-hydrogen) atoms. The SMILES string of the molecule is CC1(C)OCC(Oc2ccc(CCCCNC(=N)NC(=O)c3nc(Cl)c(N)nc3N)cc2)O1. The number of nitrogen functional groups attached to an aromatic ring is 2. The lowest BCUT2D eigenvalue weighted by molar-refractivity contribution is -0.167. The van der Waals surface area contributed by atoms with Gasteiger partial charge < -0.3 is 31.0 Å². The highest BCUT2D eigenvalue weighted by Gasteiger charge is 2.33. The predicted octanol–water partition coefficient (Wildman–Crippen LogP) is 2.06. The van der Waals surface area contributed by atoms with E-state index in [9.17, 15) is 4.79 Å². The van der Waals surface area contributed by atoms with E-state index in [0.717, 1.165) is 25.0 Å². The Kier molecular flexibility index (Phi) is 7.90. The lowest BCUT2D eigenvalue weighted by Crippen LogP contribution is -2.41. The number of carbonyl (C=O) groups is 1. The van der Waals surface area contributed by atoms with Crippen LogP contribution in [0.2, 0.25) is 5.15 Å². The van der Waals surface area contributed by atoms with Crippen LogP contribution in [0.15, 0.2) is 24.3 Å². The molecule has 1 aliphatic rings. The van der Waals surface area contributed by atoms with Crippen LogP contribution in [0.5, 0.6) is 5.75 Å². The molecule has 0 aliphatic carbocycles. The number of benzene rings is 1. The number of guanidine groups is 1. The third kappa shape index (κ3) is 7.17. The monoisotopic (exact) mass is 477 g/mol. The van der Waals surface area contributed by atoms with E-state index in [2.05, 4.69) is 20.6 Å². The van der Waals surface area contributed by atoms with Crippen molar-refractivity contribution in [2.24, 2.45) is 0 Å². The molecule has 1 unspecified atom stereocenters. The summed E-state index contributed by atoms with van der Waals surface area (Å²) in [6.07, 6.45) is 2.16. The largest absolute Gasteiger partial charge is 0.462 e. The van der Waals surface area contributed by atoms with Gasteiger partial charge >= 0.3 is 0 Å². The summed E-state index contributed by atoms with van der Waals surface area (Å²) in [5, 5.41) is 12.9. The molecule has 2 heterocycles. The topological polar surface area (TPSA) is 170 Å². The molecule has 1 fully saturated rings. The van der Waals surface area contributed by atoms with Crippen LogP contribution >= 0.6 is 11.6 Å². The van der Waals surface area contributed by atoms with Gasteiger partial charge in [0.2, 0.25) is 6.29 Å². The molecule has 1 aliphatic heterocycles. The fourth-order valence-corrected chi connectivity index (χ4v) is 3.22. The second-order valence-electron chi connectivity index (χ2n) is 7.87. The number of nitrogens with zero attached hydrogens (tertiary/aromatic N) is 2. The number of aryl methyl sites for hydroxylation is 1. The van der Waals surface area contributed by atoms with E-state index in [-0.39, 0.29) is 28.4 Å². The van der Waals surface area contributed by atoms with E-state index in [1.54, 1.807) is 0 Å². The molecule has 0 spiro atoms. The lowest BCUT2D eigenvalue weighted by Gasteiger charge is -2.17. The van der Waals surface area contributed by atoms with Gasteiger partial charge in [-0.25, -0.2) is 9.97 Å². The number of unbranched alkanes of at least 4 members (excludes halogenated alkanes) is 1. The molecule has 0 saturated carbocycles. The maximum atomic E-state index is 12.2. The van der Waals surface area contributed by atoms with Crippen molar-refractivity contribution in [1.29, 1.82) is 5.41 Å². The first kappa shape index (κ1) is 24.5. The standard InChI is InChI=1S/C21H28ClN7O4/c1-21(2)31-11-14(33-21)32-13-8-6-12(7-9-13)5-3-4-10-26-20(25)29-19(30)15-17(23)28-18(24)16(22)27-15/h6-9,14H,3-5,10-11H2,1-2H3,(H4,23,24,28)(H3,25,26,29,30). The van der Waals surface area contributed by atoms with Gasteiger partial charge in [0.15, 0.2) is 34.2 Å². The quantitative estimate of drug-likeness (QED) is 0.217. The van der Waals surface area contributed by atoms with Gasteiger partial charge in [-0.15, -0.1) is 0 Å². The molecule has 0 radical (unpaired) electrons. The number of nitrogens with one attached hydrogen (secondary N) is 3. The molecule has 1 atom stereocenters. The summed E-state index contributed by atoms with van der Waals surface area (Å²) in [4.78, 5) is 19.7. The van der Waals surface area contributed by atoms with Crippen molar-refractivity contribution in [3.63, 3.8) is 0 Å². The predicted molar refractivity (Wildman–Crippen MR) is 124 cm³/mol. The van der Waals surface area contributed by atoms with Gasteiger partial charge in [0, 0.05) is 6.54 Å². The summed E-state index contributed by atoms with van der Waals surface area (Å²) in [7, 11) is 0. The molecule has 2 aromatic rings. The highest BCUT2D eigenvalue weighted by molar-refractivity contribution is 6.31. The Morgan fingerprint density at radius 2 is 1.97 bits per heavy atom. The van der Waals surface area contributed by atoms with E-state index >= 15 is 0 Å². The molecular weight excluding hydrogens is 450 g/mol. The maximum absolute atomic E-state index is 12.2. The molecule has 1 aromatic carbocycles. The molecule has 11 nitrogen and oxygen atoms in total. The summed E-state index contributed by atoms with van der Waals surface area (Å²) in [5.74, 6) is -0.988. The fraction of sp³-hybridized carbons (Fsp3) is 0.429. The first-order chi connectivity index (χ1) is 15.6. The van der Waals surface area contributed by atoms with Crippen LogP contribution in [0, 0.1) is 5.41 Å². The third-order valence-corrected chi connectivity index (χ3v) is 5.00. The second kappa shape index (κ2) is 10.6. The van der Waals surface area contributed by atoms with Crippen LogP contribution < -0.4 is 26.8 Å². The van der Waals surface area contributed by atoms with Gasteiger partial charge in [0.1, 0.15) is 12.4 Å². The Hall–Kier alpha value is -3.15. The Morgan fingerprint density at radius 1 is 1.24 bits per heavy atom. The van der Waals surface area contributed by atoms with E-state index in [4.69, 9.17) is 42.7 Å². The fourth-order valence-electron chi connectivity index (χ4n) is 3.09. The van der Waals surface area contributed by atoms with E-state index in [0.29, 0.717) is 13.2 Å². The Bertz CT molecular complexity index is 1000. The zero-order chi connectivity index (χ0) is 24.0. The van der Waals surface area contributed by atoms with Crippen LogP contribution in [0.3, 0.4) is 0 Å². The van der Waals surface area contributed by atoms with Crippen molar-refractivity contribution in [2.45, 2.75) is 45.2 Å². The van der Waals surface area contributed by atoms with Crippen molar-refractivity contribution in [1.82, 2.24) is 20.6 Å². The zero-order valence-corrected chi connectivity index (χ0v) is 19.2. The molecule has 7 N–H and O–H groups in total. The molecule has 178 valence electrons. The number of rotatable bonds is 8. The lowest BCUT2D eigenvalue weighted by atomic mass is 10.1. The number of ether oxygens (including phenoxy) is 3. The van der Waals surface area contributed by atoms with E-state index < -0.39 is 18.0 Å². The average Bonchev–Trinajstić information content (AvgIpc) is 3.09. The molecular formula is C21H28ClN7O4. The van der Waals surface area contributed by atoms with Crippen molar-refractivity contribution >= 4 is 35.1 Å². The van der Waals surface area contributed by atoms with Gasteiger partial charge in [-0.3, -0.25) is 15.5 Å². The molecule has 3 rings (SSSR count). The summed E-state index contributed by atoms with van der Waals surface area (Å²) in [6.45, 7) is 4.61. The van der Waals surface area contributed by atoms with Crippen LogP contribution in [0.1, 0.15) is 42.7 Å². The number of hydrogen-bond donors (Lipinski definition) is 5. The van der Waals surface area contributed by atoms with Gasteiger partial charge in [-0.1, -0.05) is 23.7 Å². The van der Waals surface area contributed by atoms with Gasteiger partial charge in [0.05, 0.1) is 0 Å². The first-order valence-electron chi connectivity index (χ1n) is 10.4. The highest BCUT2D eigenvalue weighted by Crippen LogP contribution is 2.25. The second-order valence-corrected chi connectivity index (χ2v) is 8.22. The van der Waals surface area contributed by atoms with Crippen molar-refractivity contribution in [3.8, 4) is 5.75 Å². The molecule has 1 saturated heterocycles. The average molecular weight is 478 g/mol. The number of halogens is 1. The summed E-state index contributed by atoms with van der Waals surface area (Å²) in [6, 6.07) is 7.83. The Morgan fingerprint density at radius 3 is 2.64 bits per heavy atom. The number of hydrogen-bond acceptors (Lipinski definition) is 9. The number of carbonyl (C=O) groups excluding carboxylic acids is 1. The van der Waals surface area contributed by atoms with Crippen LogP contribution in [-0.2, 0) is 15.9 Å². The van der Waals surface area contributed by atoms with Crippen LogP contribution in [0.4, 0.5) is 11.6 Å². The van der Waals surface area contributed by atoms with Crippen LogP contribution in [-0.4, -0.2) is 47.1 Å². The van der Waals surface area contributed by atoms with Crippen molar-refractivity contribution < 1.29 is 19.0 Å². The Labute approximate surface area is 196 Å². The third-order valence-electron chi connectivity index (χ3n) is 4.73. The minimum atomic E-state index is -0.695. The van der Waals surface area contributed by atoms with Gasteiger partial charge in [-0.2, -0.15) is 0 Å². The molecule has 0 bridgehead atoms. The van der Waals surface area contributed by atoms with Crippen molar-refractivity contribution in [3.05, 3.63) is 40.7 Å². The Balaban J connectivity index is 1.34. The van der Waals surface area contributed by atoms with E-state index in [1.165, 1.54) is 5.56 Å². The number of aromatic nitrogens is 2. The molecule has 12 heteroatoms. The minimum Gasteiger partial charge on any atom is -0.462 e. The normalized spacial score (nSPS) is 16.9. The summed E-state index contributed by atoms with van der Waals surface area (Å²) >= 11 is 5.77. The maximum Gasteiger partial charge on any atom is 0.280 e. The number of nitrogens with two attached hydrogens (primary N) is 2. The van der Waals surface area contributed by atoms with Gasteiger partial charge in [-0.05, 0) is 50.8 Å². The molecule has 1 amide bonds. The van der Waals surface area contributed by atoms with Crippen molar-refractivity contribution in [2.75, 3.05) is 24.6 Å². The highest BCUT2D eigenvalue weighted by atomic mass is 35.5. The molecule has 1 aromatic heterocycles. The zero-order valence-electron chi connectivity index (χ0n) is 18.5. The summed E-state index contributed by atoms with van der Waals surface area (Å²) < 4.78 is 16.9. The van der Waals surface area contributed by atoms with Gasteiger partial charge in [0.25, 0.3) is 5.91 Å². The number of amides is 1. The summed E-state index contributed by atoms with van der Waals surface area (Å²) in [5.41, 5.74) is 12.1. The minimum absolute atomic E-state index is 0.0671. The first-order valence-corrected chi connectivity index (χ1v) is 10.8. The van der Waals surface area contributed by atoms with E-state index in [1.807, 2.05) is 38.1 Å².